The molecular weight excluding hydrogens is 469 g/mol. The maximum atomic E-state index is 13.9. The van der Waals surface area contributed by atoms with Gasteiger partial charge >= 0.3 is 0 Å². The van der Waals surface area contributed by atoms with Gasteiger partial charge in [0, 0.05) is 21.9 Å². The van der Waals surface area contributed by atoms with Gasteiger partial charge in [0.2, 0.25) is 0 Å². The second kappa shape index (κ2) is 7.89. The van der Waals surface area contributed by atoms with Crippen LogP contribution in [0.4, 0.5) is 10.1 Å². The van der Waals surface area contributed by atoms with E-state index in [-0.39, 0.29) is 28.3 Å². The smallest absolute Gasteiger partial charge is 0.181 e. The molecule has 0 radical (unpaired) electrons. The molecular formula is C23H19BrFNO3S. The third-order valence-electron chi connectivity index (χ3n) is 5.19. The third kappa shape index (κ3) is 3.87. The SMILES string of the molecule is CC1c2cc(F)ccc2-c2cc(Br)ccc2N1C=CCS(=O)(=O)c1ccc(O)cc1. The topological polar surface area (TPSA) is 57.6 Å². The zero-order chi connectivity index (χ0) is 21.5. The first-order valence-electron chi connectivity index (χ1n) is 9.32. The lowest BCUT2D eigenvalue weighted by Crippen LogP contribution is -2.25. The summed E-state index contributed by atoms with van der Waals surface area (Å²) in [7, 11) is -3.54. The van der Waals surface area contributed by atoms with Gasteiger partial charge in [0.15, 0.2) is 9.84 Å². The molecule has 3 aromatic rings. The van der Waals surface area contributed by atoms with Crippen LogP contribution < -0.4 is 4.90 Å². The lowest BCUT2D eigenvalue weighted by molar-refractivity contribution is 0.475. The highest BCUT2D eigenvalue weighted by atomic mass is 79.9. The Morgan fingerprint density at radius 1 is 1.07 bits per heavy atom. The van der Waals surface area contributed by atoms with Crippen LogP contribution in [-0.4, -0.2) is 19.3 Å². The number of hydrogen-bond donors (Lipinski definition) is 1. The standard InChI is InChI=1S/C23H19BrFNO3S/c1-15-21-14-17(25)4-9-20(21)22-13-16(24)3-10-23(22)26(15)11-2-12-30(28,29)19-7-5-18(27)6-8-19/h2-11,13-15,27H,12H2,1H3. The molecule has 1 atom stereocenters. The van der Waals surface area contributed by atoms with Gasteiger partial charge in [0.1, 0.15) is 11.6 Å². The van der Waals surface area contributed by atoms with Crippen molar-refractivity contribution in [3.05, 3.63) is 88.8 Å². The Balaban J connectivity index is 1.68. The van der Waals surface area contributed by atoms with Crippen molar-refractivity contribution in [2.75, 3.05) is 10.7 Å². The summed E-state index contributed by atoms with van der Waals surface area (Å²) in [6.07, 6.45) is 3.33. The van der Waals surface area contributed by atoms with Crippen molar-refractivity contribution in [3.63, 3.8) is 0 Å². The average molecular weight is 488 g/mol. The molecule has 0 spiro atoms. The number of halogens is 2. The maximum Gasteiger partial charge on any atom is 0.181 e. The van der Waals surface area contributed by atoms with E-state index in [1.807, 2.05) is 30.0 Å². The minimum atomic E-state index is -3.54. The number of benzene rings is 3. The van der Waals surface area contributed by atoms with E-state index in [1.165, 1.54) is 36.4 Å². The summed E-state index contributed by atoms with van der Waals surface area (Å²) < 4.78 is 40.0. The largest absolute Gasteiger partial charge is 0.508 e. The van der Waals surface area contributed by atoms with Gasteiger partial charge in [-0.2, -0.15) is 0 Å². The van der Waals surface area contributed by atoms with Gasteiger partial charge in [0.25, 0.3) is 0 Å². The molecule has 4 rings (SSSR count). The highest BCUT2D eigenvalue weighted by Gasteiger charge is 2.27. The van der Waals surface area contributed by atoms with Crippen LogP contribution in [0.15, 0.2) is 82.3 Å². The fraction of sp³-hybridized carbons (Fsp3) is 0.130. The quantitative estimate of drug-likeness (QED) is 0.502. The number of phenolic OH excluding ortho intramolecular Hbond substituents is 1. The first-order chi connectivity index (χ1) is 14.3. The molecule has 1 unspecified atom stereocenters. The summed E-state index contributed by atoms with van der Waals surface area (Å²) >= 11 is 3.49. The molecule has 0 saturated carbocycles. The molecule has 1 aliphatic rings. The van der Waals surface area contributed by atoms with Crippen molar-refractivity contribution in [1.82, 2.24) is 0 Å². The summed E-state index contributed by atoms with van der Waals surface area (Å²) in [5.74, 6) is -0.485. The summed E-state index contributed by atoms with van der Waals surface area (Å²) in [5, 5.41) is 9.36. The van der Waals surface area contributed by atoms with Crippen LogP contribution in [0, 0.1) is 5.82 Å². The molecule has 30 heavy (non-hydrogen) atoms. The molecule has 0 saturated heterocycles. The molecule has 0 aromatic heterocycles. The number of nitrogens with zero attached hydrogens (tertiary/aromatic N) is 1. The van der Waals surface area contributed by atoms with E-state index in [1.54, 1.807) is 18.3 Å². The fourth-order valence-electron chi connectivity index (χ4n) is 3.67. The van der Waals surface area contributed by atoms with Gasteiger partial charge < -0.3 is 10.0 Å². The number of sulfone groups is 1. The molecule has 1 N–H and O–H groups in total. The minimum absolute atomic E-state index is 0.0142. The highest BCUT2D eigenvalue weighted by molar-refractivity contribution is 9.10. The molecule has 0 bridgehead atoms. The number of rotatable bonds is 4. The van der Waals surface area contributed by atoms with Gasteiger partial charge in [-0.25, -0.2) is 12.8 Å². The van der Waals surface area contributed by atoms with Gasteiger partial charge in [-0.05, 0) is 72.6 Å². The molecule has 4 nitrogen and oxygen atoms in total. The van der Waals surface area contributed by atoms with Crippen LogP contribution in [0.5, 0.6) is 5.75 Å². The zero-order valence-corrected chi connectivity index (χ0v) is 18.5. The van der Waals surface area contributed by atoms with Crippen molar-refractivity contribution in [2.45, 2.75) is 17.9 Å². The molecule has 1 heterocycles. The molecule has 7 heteroatoms. The van der Waals surface area contributed by atoms with Crippen molar-refractivity contribution >= 4 is 31.5 Å². The Bertz CT molecular complexity index is 1240. The van der Waals surface area contributed by atoms with Crippen molar-refractivity contribution < 1.29 is 17.9 Å². The van der Waals surface area contributed by atoms with E-state index in [0.29, 0.717) is 0 Å². The fourth-order valence-corrected chi connectivity index (χ4v) is 5.12. The van der Waals surface area contributed by atoms with Crippen molar-refractivity contribution in [3.8, 4) is 16.9 Å². The van der Waals surface area contributed by atoms with Crippen LogP contribution in [0.2, 0.25) is 0 Å². The lowest BCUT2D eigenvalue weighted by atomic mass is 9.89. The van der Waals surface area contributed by atoms with Crippen molar-refractivity contribution in [2.24, 2.45) is 0 Å². The van der Waals surface area contributed by atoms with E-state index in [0.717, 1.165) is 26.9 Å². The lowest BCUT2D eigenvalue weighted by Gasteiger charge is -2.36. The van der Waals surface area contributed by atoms with Gasteiger partial charge in [-0.1, -0.05) is 28.1 Å². The second-order valence-electron chi connectivity index (χ2n) is 7.14. The molecule has 0 amide bonds. The summed E-state index contributed by atoms with van der Waals surface area (Å²) in [4.78, 5) is 2.10. The van der Waals surface area contributed by atoms with E-state index in [4.69, 9.17) is 0 Å². The predicted molar refractivity (Wildman–Crippen MR) is 120 cm³/mol. The van der Waals surface area contributed by atoms with Crippen LogP contribution in [-0.2, 0) is 9.84 Å². The molecule has 154 valence electrons. The van der Waals surface area contributed by atoms with E-state index in [2.05, 4.69) is 15.9 Å². The number of fused-ring (bicyclic) bond motifs is 3. The van der Waals surface area contributed by atoms with E-state index in [9.17, 15) is 17.9 Å². The number of aromatic hydroxyl groups is 1. The third-order valence-corrected chi connectivity index (χ3v) is 7.30. The summed E-state index contributed by atoms with van der Waals surface area (Å²) in [6, 6.07) is 15.9. The predicted octanol–water partition coefficient (Wildman–Crippen LogP) is 5.83. The molecule has 0 fully saturated rings. The Hall–Kier alpha value is -2.64. The summed E-state index contributed by atoms with van der Waals surface area (Å²) in [6.45, 7) is 1.96. The number of anilines is 1. The Kier molecular flexibility index (Phi) is 5.42. The normalized spacial score (nSPS) is 15.8. The zero-order valence-electron chi connectivity index (χ0n) is 16.1. The van der Waals surface area contributed by atoms with Crippen LogP contribution >= 0.6 is 15.9 Å². The Morgan fingerprint density at radius 3 is 2.53 bits per heavy atom. The maximum absolute atomic E-state index is 13.9. The van der Waals surface area contributed by atoms with E-state index < -0.39 is 9.84 Å². The Labute approximate surface area is 183 Å². The van der Waals surface area contributed by atoms with Crippen LogP contribution in [0.25, 0.3) is 11.1 Å². The number of hydrogen-bond acceptors (Lipinski definition) is 4. The first-order valence-corrected chi connectivity index (χ1v) is 11.8. The first kappa shape index (κ1) is 20.6. The van der Waals surface area contributed by atoms with Gasteiger partial charge in [-0.3, -0.25) is 0 Å². The summed E-state index contributed by atoms with van der Waals surface area (Å²) in [5.41, 5.74) is 3.67. The molecule has 0 aliphatic carbocycles. The second-order valence-corrected chi connectivity index (χ2v) is 10.1. The highest BCUT2D eigenvalue weighted by Crippen LogP contribution is 2.45. The van der Waals surface area contributed by atoms with Crippen LogP contribution in [0.1, 0.15) is 18.5 Å². The van der Waals surface area contributed by atoms with Crippen LogP contribution in [0.3, 0.4) is 0 Å². The number of phenols is 1. The Morgan fingerprint density at radius 2 is 1.80 bits per heavy atom. The van der Waals surface area contributed by atoms with Gasteiger partial charge in [0.05, 0.1) is 16.7 Å². The van der Waals surface area contributed by atoms with Gasteiger partial charge in [-0.15, -0.1) is 0 Å². The minimum Gasteiger partial charge on any atom is -0.508 e. The van der Waals surface area contributed by atoms with E-state index >= 15 is 0 Å². The monoisotopic (exact) mass is 487 g/mol. The molecule has 3 aromatic carbocycles. The average Bonchev–Trinajstić information content (AvgIpc) is 2.71. The van der Waals surface area contributed by atoms with Crippen molar-refractivity contribution in [1.29, 1.82) is 0 Å². The molecule has 1 aliphatic heterocycles.